The molecule has 0 spiro atoms. The molecule has 6 nitrogen and oxygen atoms in total. The smallest absolute Gasteiger partial charge is 0.339 e. The zero-order valence-electron chi connectivity index (χ0n) is 13.4. The number of carbonyl (C=O) groups is 1. The molecule has 2 aromatic heterocycles. The van der Waals surface area contributed by atoms with E-state index in [9.17, 15) is 4.79 Å². The summed E-state index contributed by atoms with van der Waals surface area (Å²) < 4.78 is 17.0. The lowest BCUT2D eigenvalue weighted by Crippen LogP contribution is -2.38. The minimum Gasteiger partial charge on any atom is -0.478 e. The van der Waals surface area contributed by atoms with Gasteiger partial charge in [-0.05, 0) is 25.1 Å². The molecule has 1 atom stereocenters. The molecule has 1 saturated heterocycles. The monoisotopic (exact) mass is 319 g/mol. The molecule has 23 heavy (non-hydrogen) atoms. The highest BCUT2D eigenvalue weighted by Crippen LogP contribution is 2.28. The quantitative estimate of drug-likeness (QED) is 0.913. The van der Waals surface area contributed by atoms with Crippen molar-refractivity contribution in [2.75, 3.05) is 19.8 Å². The van der Waals surface area contributed by atoms with Crippen LogP contribution in [0, 0.1) is 6.92 Å². The summed E-state index contributed by atoms with van der Waals surface area (Å²) in [7, 11) is 0. The van der Waals surface area contributed by atoms with Crippen molar-refractivity contribution in [2.24, 2.45) is 0 Å². The van der Waals surface area contributed by atoms with Crippen LogP contribution in [0.5, 0.6) is 0 Å². The van der Waals surface area contributed by atoms with Gasteiger partial charge < -0.3 is 18.7 Å². The molecule has 0 aromatic carbocycles. The Bertz CT molecular complexity index is 687. The molecule has 0 radical (unpaired) electrons. The fraction of sp³-hybridized carbons (Fsp3) is 0.471. The van der Waals surface area contributed by atoms with E-state index in [0.29, 0.717) is 31.3 Å². The molecule has 1 aliphatic rings. The number of morpholine rings is 1. The van der Waals surface area contributed by atoms with Crippen LogP contribution < -0.4 is 0 Å². The van der Waals surface area contributed by atoms with Gasteiger partial charge in [0, 0.05) is 13.0 Å². The molecule has 0 amide bonds. The Hall–Kier alpha value is -2.05. The van der Waals surface area contributed by atoms with Crippen molar-refractivity contribution in [1.29, 1.82) is 0 Å². The van der Waals surface area contributed by atoms with Gasteiger partial charge >= 0.3 is 5.97 Å². The molecular weight excluding hydrogens is 298 g/mol. The van der Waals surface area contributed by atoms with E-state index < -0.39 is 5.97 Å². The number of furan rings is 2. The molecule has 0 aliphatic carbocycles. The molecule has 1 fully saturated rings. The third kappa shape index (κ3) is 3.33. The van der Waals surface area contributed by atoms with Gasteiger partial charge in [-0.2, -0.15) is 0 Å². The van der Waals surface area contributed by atoms with E-state index in [1.807, 2.05) is 12.1 Å². The van der Waals surface area contributed by atoms with Crippen LogP contribution in [-0.4, -0.2) is 35.7 Å². The first-order valence-corrected chi connectivity index (χ1v) is 7.81. The van der Waals surface area contributed by atoms with Crippen molar-refractivity contribution in [3.05, 3.63) is 46.8 Å². The van der Waals surface area contributed by atoms with Gasteiger partial charge in [-0.15, -0.1) is 0 Å². The lowest BCUT2D eigenvalue weighted by molar-refractivity contribution is -0.0232. The minimum atomic E-state index is -0.963. The van der Waals surface area contributed by atoms with E-state index in [1.54, 1.807) is 13.0 Å². The zero-order chi connectivity index (χ0) is 16.4. The molecule has 1 unspecified atom stereocenters. The normalized spacial score (nSPS) is 19.1. The summed E-state index contributed by atoms with van der Waals surface area (Å²) in [4.78, 5) is 13.3. The Morgan fingerprint density at radius 3 is 2.83 bits per heavy atom. The van der Waals surface area contributed by atoms with Crippen molar-refractivity contribution in [3.8, 4) is 0 Å². The van der Waals surface area contributed by atoms with Gasteiger partial charge in [-0.3, -0.25) is 4.90 Å². The third-order valence-electron chi connectivity index (χ3n) is 4.16. The van der Waals surface area contributed by atoms with Gasteiger partial charge in [0.2, 0.25) is 0 Å². The van der Waals surface area contributed by atoms with Crippen LogP contribution in [0.2, 0.25) is 0 Å². The number of hydrogen-bond donors (Lipinski definition) is 1. The average Bonchev–Trinajstić information content (AvgIpc) is 3.14. The minimum absolute atomic E-state index is 0.0164. The SMILES string of the molecule is CCc1ccc(C2COCCN2Cc2cc(C(=O)O)c(C)o2)o1. The number of hydrogen-bond acceptors (Lipinski definition) is 5. The van der Waals surface area contributed by atoms with Crippen molar-refractivity contribution < 1.29 is 23.5 Å². The van der Waals surface area contributed by atoms with Crippen LogP contribution in [0.4, 0.5) is 0 Å². The molecule has 0 bridgehead atoms. The molecule has 1 aliphatic heterocycles. The van der Waals surface area contributed by atoms with Crippen molar-refractivity contribution >= 4 is 5.97 Å². The standard InChI is InChI=1S/C17H21NO5/c1-3-12-4-5-16(23-12)15-10-21-7-6-18(15)9-13-8-14(17(19)20)11(2)22-13/h4-5,8,15H,3,6-7,9-10H2,1-2H3,(H,19,20). The van der Waals surface area contributed by atoms with Crippen LogP contribution in [0.15, 0.2) is 27.0 Å². The predicted octanol–water partition coefficient (Wildman–Crippen LogP) is 3.02. The summed E-state index contributed by atoms with van der Waals surface area (Å²) in [5.41, 5.74) is 0.219. The zero-order valence-corrected chi connectivity index (χ0v) is 13.4. The van der Waals surface area contributed by atoms with Gasteiger partial charge in [0.15, 0.2) is 0 Å². The first kappa shape index (κ1) is 15.8. The summed E-state index contributed by atoms with van der Waals surface area (Å²) in [5.74, 6) is 1.95. The van der Waals surface area contributed by atoms with Crippen LogP contribution >= 0.6 is 0 Å². The molecule has 3 heterocycles. The number of carboxylic acids is 1. The van der Waals surface area contributed by atoms with E-state index in [0.717, 1.165) is 24.5 Å². The molecule has 1 N–H and O–H groups in total. The highest BCUT2D eigenvalue weighted by atomic mass is 16.5. The molecule has 6 heteroatoms. The number of aryl methyl sites for hydroxylation is 2. The molecule has 0 saturated carbocycles. The second-order valence-electron chi connectivity index (χ2n) is 5.71. The predicted molar refractivity (Wildman–Crippen MR) is 82.5 cm³/mol. The fourth-order valence-corrected chi connectivity index (χ4v) is 2.89. The van der Waals surface area contributed by atoms with E-state index in [1.165, 1.54) is 0 Å². The van der Waals surface area contributed by atoms with E-state index in [2.05, 4.69) is 11.8 Å². The van der Waals surface area contributed by atoms with E-state index >= 15 is 0 Å². The Morgan fingerprint density at radius 2 is 2.17 bits per heavy atom. The number of rotatable bonds is 5. The lowest BCUT2D eigenvalue weighted by atomic mass is 10.1. The van der Waals surface area contributed by atoms with Gasteiger partial charge in [-0.25, -0.2) is 4.79 Å². The molecule has 3 rings (SSSR count). The maximum Gasteiger partial charge on any atom is 0.339 e. The fourth-order valence-electron chi connectivity index (χ4n) is 2.89. The summed E-state index contributed by atoms with van der Waals surface area (Å²) in [6, 6.07) is 5.59. The summed E-state index contributed by atoms with van der Waals surface area (Å²) in [6.07, 6.45) is 0.854. The summed E-state index contributed by atoms with van der Waals surface area (Å²) >= 11 is 0. The van der Waals surface area contributed by atoms with Crippen molar-refractivity contribution in [2.45, 2.75) is 32.9 Å². The number of ether oxygens (including phenoxy) is 1. The number of aromatic carboxylic acids is 1. The highest BCUT2D eigenvalue weighted by Gasteiger charge is 2.28. The molecule has 2 aromatic rings. The van der Waals surface area contributed by atoms with E-state index in [-0.39, 0.29) is 11.6 Å². The Kier molecular flexibility index (Phi) is 4.54. The Balaban J connectivity index is 1.79. The van der Waals surface area contributed by atoms with Crippen molar-refractivity contribution in [1.82, 2.24) is 4.90 Å². The summed E-state index contributed by atoms with van der Waals surface area (Å²) in [6.45, 7) is 6.20. The molecular formula is C17H21NO5. The third-order valence-corrected chi connectivity index (χ3v) is 4.16. The number of carboxylic acid groups (broad SMARTS) is 1. The van der Waals surface area contributed by atoms with E-state index in [4.69, 9.17) is 18.7 Å². The van der Waals surface area contributed by atoms with Gasteiger partial charge in [0.25, 0.3) is 0 Å². The van der Waals surface area contributed by atoms with Gasteiger partial charge in [-0.1, -0.05) is 6.92 Å². The highest BCUT2D eigenvalue weighted by molar-refractivity contribution is 5.88. The largest absolute Gasteiger partial charge is 0.478 e. The maximum absolute atomic E-state index is 11.1. The lowest BCUT2D eigenvalue weighted by Gasteiger charge is -2.33. The first-order valence-electron chi connectivity index (χ1n) is 7.81. The van der Waals surface area contributed by atoms with Crippen LogP contribution in [-0.2, 0) is 17.7 Å². The second-order valence-corrected chi connectivity index (χ2v) is 5.71. The average molecular weight is 319 g/mol. The van der Waals surface area contributed by atoms with Crippen molar-refractivity contribution in [3.63, 3.8) is 0 Å². The Morgan fingerprint density at radius 1 is 1.35 bits per heavy atom. The Labute approximate surface area is 134 Å². The second kappa shape index (κ2) is 6.60. The molecule has 124 valence electrons. The maximum atomic E-state index is 11.1. The number of nitrogens with zero attached hydrogens (tertiary/aromatic N) is 1. The van der Waals surface area contributed by atoms with Crippen LogP contribution in [0.3, 0.4) is 0 Å². The first-order chi connectivity index (χ1) is 11.1. The van der Waals surface area contributed by atoms with Gasteiger partial charge in [0.1, 0.15) is 28.6 Å². The summed E-state index contributed by atoms with van der Waals surface area (Å²) in [5, 5.41) is 9.14. The van der Waals surface area contributed by atoms with Crippen LogP contribution in [0.1, 0.15) is 46.4 Å². The van der Waals surface area contributed by atoms with Gasteiger partial charge in [0.05, 0.1) is 25.8 Å². The topological polar surface area (TPSA) is 76.0 Å². The van der Waals surface area contributed by atoms with Crippen LogP contribution in [0.25, 0.3) is 0 Å².